The maximum atomic E-state index is 14.4. The van der Waals surface area contributed by atoms with Crippen LogP contribution in [0.5, 0.6) is 0 Å². The van der Waals surface area contributed by atoms with Gasteiger partial charge in [-0.2, -0.15) is 18.4 Å². The number of nitriles is 1. The van der Waals surface area contributed by atoms with Crippen LogP contribution in [0.25, 0.3) is 11.1 Å². The Morgan fingerprint density at radius 2 is 1.66 bits per heavy atom. The molecule has 0 spiro atoms. The molecule has 0 aliphatic heterocycles. The number of rotatable bonds is 9. The zero-order valence-electron chi connectivity index (χ0n) is 19.7. The number of carbonyl (C=O) groups is 2. The van der Waals surface area contributed by atoms with Crippen LogP contribution in [0.3, 0.4) is 0 Å². The fourth-order valence-corrected chi connectivity index (χ4v) is 3.90. The lowest BCUT2D eigenvalue weighted by molar-refractivity contribution is -0.161. The Labute approximate surface area is 201 Å². The number of amides is 1. The van der Waals surface area contributed by atoms with Crippen molar-refractivity contribution in [1.29, 1.82) is 5.26 Å². The molecule has 9 heteroatoms. The van der Waals surface area contributed by atoms with E-state index in [2.05, 4.69) is 10.6 Å². The molecule has 0 unspecified atom stereocenters. The number of hydrogen-bond donors (Lipinski definition) is 2. The summed E-state index contributed by atoms with van der Waals surface area (Å²) in [7, 11) is 0. The van der Waals surface area contributed by atoms with Crippen LogP contribution >= 0.6 is 0 Å². The second-order valence-electron chi connectivity index (χ2n) is 9.52. The van der Waals surface area contributed by atoms with Gasteiger partial charge >= 0.3 is 6.18 Å². The van der Waals surface area contributed by atoms with Crippen molar-refractivity contribution >= 4 is 11.7 Å². The Kier molecular flexibility index (Phi) is 7.37. The molecule has 0 bridgehead atoms. The first-order valence-electron chi connectivity index (χ1n) is 11.2. The molecule has 0 heterocycles. The number of hydrogen-bond acceptors (Lipinski definition) is 4. The first-order valence-corrected chi connectivity index (χ1v) is 11.2. The van der Waals surface area contributed by atoms with Crippen LogP contribution < -0.4 is 10.6 Å². The average molecular weight is 490 g/mol. The first kappa shape index (κ1) is 26.4. The molecule has 0 radical (unpaired) electrons. The highest BCUT2D eigenvalue weighted by molar-refractivity contribution is 6.00. The third-order valence-corrected chi connectivity index (χ3v) is 5.89. The van der Waals surface area contributed by atoms with Gasteiger partial charge in [-0.1, -0.05) is 48.5 Å². The van der Waals surface area contributed by atoms with Crippen LogP contribution in [0.2, 0.25) is 0 Å². The van der Waals surface area contributed by atoms with Crippen molar-refractivity contribution in [2.75, 3.05) is 0 Å². The fourth-order valence-electron chi connectivity index (χ4n) is 3.90. The number of nitrogens with one attached hydrogen (secondary N) is 2. The number of halogens is 4. The van der Waals surface area contributed by atoms with Gasteiger partial charge in [0, 0.05) is 12.0 Å². The van der Waals surface area contributed by atoms with Crippen LogP contribution in [0.15, 0.2) is 48.5 Å². The van der Waals surface area contributed by atoms with Crippen molar-refractivity contribution in [2.45, 2.75) is 69.5 Å². The summed E-state index contributed by atoms with van der Waals surface area (Å²) in [6, 6.07) is 10.4. The zero-order valence-corrected chi connectivity index (χ0v) is 19.7. The lowest BCUT2D eigenvalue weighted by atomic mass is 9.94. The van der Waals surface area contributed by atoms with E-state index < -0.39 is 41.8 Å². The van der Waals surface area contributed by atoms with Gasteiger partial charge in [0.25, 0.3) is 0 Å². The van der Waals surface area contributed by atoms with Gasteiger partial charge in [-0.05, 0) is 50.3 Å². The summed E-state index contributed by atoms with van der Waals surface area (Å²) < 4.78 is 56.7. The molecular formula is C26H27F4N3O2. The molecule has 1 amide bonds. The molecule has 35 heavy (non-hydrogen) atoms. The summed E-state index contributed by atoms with van der Waals surface area (Å²) >= 11 is 0. The quantitative estimate of drug-likeness (QED) is 0.364. The molecule has 2 aromatic carbocycles. The molecule has 3 rings (SSSR count). The van der Waals surface area contributed by atoms with E-state index in [4.69, 9.17) is 0 Å². The molecule has 0 saturated heterocycles. The average Bonchev–Trinajstić information content (AvgIpc) is 3.55. The highest BCUT2D eigenvalue weighted by Gasteiger charge is 2.48. The number of carbonyl (C=O) groups excluding carboxylic acids is 2. The molecule has 5 nitrogen and oxygen atoms in total. The fraction of sp³-hybridized carbons (Fsp3) is 0.423. The van der Waals surface area contributed by atoms with Gasteiger partial charge in [0.05, 0.1) is 12.1 Å². The minimum Gasteiger partial charge on any atom is -0.336 e. The summed E-state index contributed by atoms with van der Waals surface area (Å²) in [6.07, 6.45) is -4.51. The van der Waals surface area contributed by atoms with Crippen LogP contribution in [0.1, 0.15) is 62.0 Å². The van der Waals surface area contributed by atoms with Crippen molar-refractivity contribution in [2.24, 2.45) is 0 Å². The summed E-state index contributed by atoms with van der Waals surface area (Å²) in [4.78, 5) is 24.7. The van der Waals surface area contributed by atoms with Crippen LogP contribution in [-0.4, -0.2) is 35.1 Å². The van der Waals surface area contributed by atoms with E-state index in [0.29, 0.717) is 29.5 Å². The minimum absolute atomic E-state index is 0.169. The van der Waals surface area contributed by atoms with Crippen LogP contribution in [0.4, 0.5) is 17.6 Å². The molecule has 0 aromatic heterocycles. The predicted molar refractivity (Wildman–Crippen MR) is 123 cm³/mol. The molecule has 2 atom stereocenters. The number of alkyl halides is 4. The lowest BCUT2D eigenvalue weighted by Crippen LogP contribution is -2.53. The molecule has 2 aromatic rings. The Morgan fingerprint density at radius 3 is 2.14 bits per heavy atom. The second kappa shape index (κ2) is 9.78. The number of nitrogens with zero attached hydrogens (tertiary/aromatic N) is 1. The van der Waals surface area contributed by atoms with Crippen LogP contribution in [0, 0.1) is 11.3 Å². The van der Waals surface area contributed by atoms with Gasteiger partial charge in [-0.3, -0.25) is 14.9 Å². The van der Waals surface area contributed by atoms with Gasteiger partial charge in [0.15, 0.2) is 5.78 Å². The number of benzene rings is 2. The molecule has 1 fully saturated rings. The van der Waals surface area contributed by atoms with E-state index in [1.807, 2.05) is 6.07 Å². The Bertz CT molecular complexity index is 1130. The summed E-state index contributed by atoms with van der Waals surface area (Å²) in [6.45, 7) is 3.76. The highest BCUT2D eigenvalue weighted by atomic mass is 19.4. The van der Waals surface area contributed by atoms with E-state index in [1.165, 1.54) is 45.0 Å². The molecule has 1 aliphatic rings. The monoisotopic (exact) mass is 489 g/mol. The first-order chi connectivity index (χ1) is 16.2. The normalized spacial score (nSPS) is 16.6. The van der Waals surface area contributed by atoms with Gasteiger partial charge < -0.3 is 5.32 Å². The van der Waals surface area contributed by atoms with Crippen molar-refractivity contribution < 1.29 is 27.2 Å². The number of ketones is 1. The van der Waals surface area contributed by atoms with Crippen molar-refractivity contribution in [3.05, 3.63) is 59.7 Å². The van der Waals surface area contributed by atoms with Gasteiger partial charge in [0.1, 0.15) is 17.2 Å². The lowest BCUT2D eigenvalue weighted by Gasteiger charge is -2.30. The smallest absolute Gasteiger partial charge is 0.336 e. The van der Waals surface area contributed by atoms with E-state index in [-0.39, 0.29) is 11.3 Å². The second-order valence-corrected chi connectivity index (χ2v) is 9.52. The predicted octanol–water partition coefficient (Wildman–Crippen LogP) is 5.43. The maximum absolute atomic E-state index is 14.4. The molecule has 1 saturated carbocycles. The third-order valence-electron chi connectivity index (χ3n) is 5.89. The topological polar surface area (TPSA) is 82.0 Å². The third kappa shape index (κ3) is 6.67. The largest absolute Gasteiger partial charge is 0.407 e. The van der Waals surface area contributed by atoms with Crippen LogP contribution in [-0.2, 0) is 4.79 Å². The molecule has 1 aliphatic carbocycles. The number of Topliss-reactive ketones (excluding diaryl/α,β-unsaturated/α-hetero) is 1. The van der Waals surface area contributed by atoms with E-state index in [1.54, 1.807) is 24.3 Å². The highest BCUT2D eigenvalue weighted by Crippen LogP contribution is 2.37. The van der Waals surface area contributed by atoms with Crippen molar-refractivity contribution in [3.63, 3.8) is 0 Å². The molecular weight excluding hydrogens is 462 g/mol. The van der Waals surface area contributed by atoms with Gasteiger partial charge in [-0.15, -0.1) is 0 Å². The molecule has 186 valence electrons. The zero-order chi connectivity index (χ0) is 26.0. The summed E-state index contributed by atoms with van der Waals surface area (Å²) in [5.41, 5.74) is -1.61. The Hall–Kier alpha value is -3.25. The standard InChI is InChI=1S/C26H27F4N3O2/c1-16(34)19-6-4-5-7-20(19)17-8-10-18(11-9-17)22(26(28,29)30)32-21(14-24(2,3)27)23(35)33-25(15-31)12-13-25/h4-11,21-22,32H,12-14H2,1-3H3,(H,33,35)/t21-,22-/m0/s1. The minimum atomic E-state index is -4.79. The molecule has 2 N–H and O–H groups in total. The maximum Gasteiger partial charge on any atom is 0.407 e. The Morgan fingerprint density at radius 1 is 1.06 bits per heavy atom. The van der Waals surface area contributed by atoms with Crippen molar-refractivity contribution in [1.82, 2.24) is 10.6 Å². The van der Waals surface area contributed by atoms with Crippen molar-refractivity contribution in [3.8, 4) is 17.2 Å². The van der Waals surface area contributed by atoms with Gasteiger partial charge in [0.2, 0.25) is 5.91 Å². The van der Waals surface area contributed by atoms with Gasteiger partial charge in [-0.25, -0.2) is 4.39 Å². The van der Waals surface area contributed by atoms with E-state index >= 15 is 0 Å². The van der Waals surface area contributed by atoms with E-state index in [9.17, 15) is 32.4 Å². The Balaban J connectivity index is 1.91. The summed E-state index contributed by atoms with van der Waals surface area (Å²) in [5, 5.41) is 14.0. The summed E-state index contributed by atoms with van der Waals surface area (Å²) in [5.74, 6) is -1.02. The van der Waals surface area contributed by atoms with E-state index in [0.717, 1.165) is 0 Å². The SMILES string of the molecule is CC(=O)c1ccccc1-c1ccc([C@H](N[C@@H](CC(C)(C)F)C(=O)NC2(C#N)CC2)C(F)(F)F)cc1.